The molecule has 38 heavy (non-hydrogen) atoms. The molecule has 0 bridgehead atoms. The molecule has 5 aromatic rings. The molecular formula is C31H25N3O3S. The van der Waals surface area contributed by atoms with Crippen LogP contribution in [0.3, 0.4) is 0 Å². The lowest BCUT2D eigenvalue weighted by molar-refractivity contribution is -0.117. The predicted molar refractivity (Wildman–Crippen MR) is 151 cm³/mol. The van der Waals surface area contributed by atoms with Gasteiger partial charge in [-0.1, -0.05) is 48.5 Å². The van der Waals surface area contributed by atoms with Gasteiger partial charge in [0.2, 0.25) is 17.7 Å². The zero-order valence-corrected chi connectivity index (χ0v) is 21.3. The van der Waals surface area contributed by atoms with Gasteiger partial charge in [-0.05, 0) is 73.0 Å². The Hall–Kier alpha value is -4.36. The van der Waals surface area contributed by atoms with Gasteiger partial charge in [-0.25, -0.2) is 4.98 Å². The van der Waals surface area contributed by atoms with Gasteiger partial charge in [-0.2, -0.15) is 0 Å². The van der Waals surface area contributed by atoms with Gasteiger partial charge >= 0.3 is 0 Å². The third-order valence-corrected chi connectivity index (χ3v) is 7.59. The van der Waals surface area contributed by atoms with E-state index in [0.29, 0.717) is 11.6 Å². The number of hydrogen-bond donors (Lipinski definition) is 2. The van der Waals surface area contributed by atoms with E-state index in [1.807, 2.05) is 103 Å². The maximum atomic E-state index is 13.5. The van der Waals surface area contributed by atoms with Crippen molar-refractivity contribution < 1.29 is 14.0 Å². The molecule has 1 aliphatic rings. The summed E-state index contributed by atoms with van der Waals surface area (Å²) in [6, 6.07) is 32.4. The van der Waals surface area contributed by atoms with Crippen LogP contribution in [0.4, 0.5) is 11.4 Å². The van der Waals surface area contributed by atoms with Crippen molar-refractivity contribution in [3.05, 3.63) is 109 Å². The van der Waals surface area contributed by atoms with Crippen LogP contribution < -0.4 is 10.6 Å². The summed E-state index contributed by atoms with van der Waals surface area (Å²) in [4.78, 5) is 31.2. The fourth-order valence-corrected chi connectivity index (χ4v) is 5.26. The number of para-hydroxylation sites is 2. The molecular weight excluding hydrogens is 494 g/mol. The summed E-state index contributed by atoms with van der Waals surface area (Å²) in [6.45, 7) is 0. The van der Waals surface area contributed by atoms with Crippen LogP contribution in [0.5, 0.6) is 0 Å². The first-order chi connectivity index (χ1) is 18.6. The molecule has 1 aliphatic carbocycles. The quantitative estimate of drug-likeness (QED) is 0.210. The maximum Gasteiger partial charge on any atom is 0.242 e. The Labute approximate surface area is 224 Å². The highest BCUT2D eigenvalue weighted by molar-refractivity contribution is 8.00. The number of amides is 2. The maximum absolute atomic E-state index is 13.5. The van der Waals surface area contributed by atoms with Crippen molar-refractivity contribution in [1.29, 1.82) is 0 Å². The Morgan fingerprint density at radius 1 is 0.816 bits per heavy atom. The van der Waals surface area contributed by atoms with Crippen molar-refractivity contribution in [3.63, 3.8) is 0 Å². The lowest BCUT2D eigenvalue weighted by Crippen LogP contribution is -2.19. The number of benzene rings is 4. The number of aromatic nitrogens is 1. The molecule has 0 aliphatic heterocycles. The Bertz CT molecular complexity index is 1560. The third-order valence-electron chi connectivity index (χ3n) is 6.34. The van der Waals surface area contributed by atoms with Gasteiger partial charge in [0.1, 0.15) is 10.8 Å². The number of nitrogens with one attached hydrogen (secondary N) is 2. The monoisotopic (exact) mass is 519 g/mol. The molecule has 1 atom stereocenters. The highest BCUT2D eigenvalue weighted by Gasteiger charge is 2.29. The third kappa shape index (κ3) is 5.48. The molecule has 2 N–H and O–H groups in total. The number of anilines is 2. The molecule has 1 aromatic heterocycles. The first-order valence-electron chi connectivity index (χ1n) is 12.5. The second-order valence-electron chi connectivity index (χ2n) is 9.25. The standard InChI is InChI=1S/C31H25N3O3S/c35-29(21-13-14-21)33-24-9-6-10-25(19-24)38-28(20-7-2-1-3-8-20)30(36)32-23-17-15-22(16-18-23)31-34-26-11-4-5-12-27(26)37-31/h1-12,15-19,21,28H,13-14H2,(H,32,36)(H,33,35). The van der Waals surface area contributed by atoms with E-state index in [1.54, 1.807) is 0 Å². The number of fused-ring (bicyclic) bond motifs is 1. The average Bonchev–Trinajstić information content (AvgIpc) is 3.71. The summed E-state index contributed by atoms with van der Waals surface area (Å²) in [5, 5.41) is 5.56. The molecule has 0 radical (unpaired) electrons. The minimum atomic E-state index is -0.484. The minimum absolute atomic E-state index is 0.0609. The minimum Gasteiger partial charge on any atom is -0.436 e. The molecule has 0 spiro atoms. The van der Waals surface area contributed by atoms with E-state index in [0.717, 1.165) is 45.7 Å². The number of carbonyl (C=O) groups excluding carboxylic acids is 2. The molecule has 6 nitrogen and oxygen atoms in total. The zero-order valence-electron chi connectivity index (χ0n) is 20.5. The molecule has 7 heteroatoms. The van der Waals surface area contributed by atoms with Crippen LogP contribution in [0, 0.1) is 5.92 Å². The second-order valence-corrected chi connectivity index (χ2v) is 10.4. The van der Waals surface area contributed by atoms with Crippen molar-refractivity contribution in [2.24, 2.45) is 5.92 Å². The van der Waals surface area contributed by atoms with Gasteiger partial charge in [-0.15, -0.1) is 11.8 Å². The molecule has 1 saturated carbocycles. The van der Waals surface area contributed by atoms with E-state index in [9.17, 15) is 9.59 Å². The second kappa shape index (κ2) is 10.6. The Kier molecular flexibility index (Phi) is 6.67. The summed E-state index contributed by atoms with van der Waals surface area (Å²) < 4.78 is 5.86. The topological polar surface area (TPSA) is 84.2 Å². The SMILES string of the molecule is O=C(Nc1cccc(SC(C(=O)Nc2ccc(-c3nc4ccccc4o3)cc2)c2ccccc2)c1)C1CC1. The summed E-state index contributed by atoms with van der Waals surface area (Å²) in [7, 11) is 0. The van der Waals surface area contributed by atoms with Gasteiger partial charge in [0, 0.05) is 27.8 Å². The summed E-state index contributed by atoms with van der Waals surface area (Å²) in [5.41, 5.74) is 4.69. The van der Waals surface area contributed by atoms with Gasteiger partial charge in [-0.3, -0.25) is 9.59 Å². The Balaban J connectivity index is 1.19. The van der Waals surface area contributed by atoms with Crippen molar-refractivity contribution >= 4 is 46.1 Å². The van der Waals surface area contributed by atoms with Gasteiger partial charge in [0.25, 0.3) is 0 Å². The lowest BCUT2D eigenvalue weighted by Gasteiger charge is -2.18. The molecule has 1 unspecified atom stereocenters. The van der Waals surface area contributed by atoms with Crippen LogP contribution in [0.1, 0.15) is 23.7 Å². The smallest absolute Gasteiger partial charge is 0.242 e. The van der Waals surface area contributed by atoms with Crippen molar-refractivity contribution in [1.82, 2.24) is 4.98 Å². The molecule has 0 saturated heterocycles. The fourth-order valence-electron chi connectivity index (χ4n) is 4.17. The first kappa shape index (κ1) is 24.0. The Morgan fingerprint density at radius 3 is 2.34 bits per heavy atom. The van der Waals surface area contributed by atoms with Crippen LogP contribution in [-0.4, -0.2) is 16.8 Å². The number of hydrogen-bond acceptors (Lipinski definition) is 5. The summed E-state index contributed by atoms with van der Waals surface area (Å²) in [5.74, 6) is 0.590. The fraction of sp³-hybridized carbons (Fsp3) is 0.129. The average molecular weight is 520 g/mol. The van der Waals surface area contributed by atoms with Crippen molar-refractivity contribution in [3.8, 4) is 11.5 Å². The van der Waals surface area contributed by atoms with Crippen LogP contribution in [-0.2, 0) is 9.59 Å². The van der Waals surface area contributed by atoms with E-state index in [4.69, 9.17) is 4.42 Å². The van der Waals surface area contributed by atoms with E-state index in [2.05, 4.69) is 15.6 Å². The van der Waals surface area contributed by atoms with Gasteiger partial charge in [0.05, 0.1) is 0 Å². The first-order valence-corrected chi connectivity index (χ1v) is 13.4. The Morgan fingerprint density at radius 2 is 1.58 bits per heavy atom. The van der Waals surface area contributed by atoms with Crippen molar-refractivity contribution in [2.45, 2.75) is 23.0 Å². The highest BCUT2D eigenvalue weighted by Crippen LogP contribution is 2.38. The molecule has 6 rings (SSSR count). The zero-order chi connectivity index (χ0) is 25.9. The largest absolute Gasteiger partial charge is 0.436 e. The predicted octanol–water partition coefficient (Wildman–Crippen LogP) is 7.32. The summed E-state index contributed by atoms with van der Waals surface area (Å²) >= 11 is 1.45. The van der Waals surface area contributed by atoms with Crippen LogP contribution >= 0.6 is 11.8 Å². The summed E-state index contributed by atoms with van der Waals surface area (Å²) in [6.07, 6.45) is 1.90. The molecule has 4 aromatic carbocycles. The molecule has 1 fully saturated rings. The number of oxazole rings is 1. The number of rotatable bonds is 8. The van der Waals surface area contributed by atoms with E-state index in [1.165, 1.54) is 11.8 Å². The van der Waals surface area contributed by atoms with Gasteiger partial charge in [0.15, 0.2) is 5.58 Å². The van der Waals surface area contributed by atoms with Crippen LogP contribution in [0.15, 0.2) is 112 Å². The van der Waals surface area contributed by atoms with E-state index < -0.39 is 5.25 Å². The van der Waals surface area contributed by atoms with Crippen LogP contribution in [0.25, 0.3) is 22.6 Å². The normalized spacial score (nSPS) is 13.7. The van der Waals surface area contributed by atoms with E-state index in [-0.39, 0.29) is 17.7 Å². The number of carbonyl (C=O) groups is 2. The van der Waals surface area contributed by atoms with Crippen LogP contribution in [0.2, 0.25) is 0 Å². The van der Waals surface area contributed by atoms with E-state index >= 15 is 0 Å². The van der Waals surface area contributed by atoms with Crippen molar-refractivity contribution in [2.75, 3.05) is 10.6 Å². The molecule has 2 amide bonds. The van der Waals surface area contributed by atoms with Gasteiger partial charge < -0.3 is 15.1 Å². The lowest BCUT2D eigenvalue weighted by atomic mass is 10.1. The molecule has 1 heterocycles. The number of nitrogens with zero attached hydrogens (tertiary/aromatic N) is 1. The molecule has 188 valence electrons. The number of thioether (sulfide) groups is 1. The highest BCUT2D eigenvalue weighted by atomic mass is 32.2.